The van der Waals surface area contributed by atoms with Crippen molar-refractivity contribution in [3.8, 4) is 0 Å². The van der Waals surface area contributed by atoms with E-state index in [2.05, 4.69) is 10.3 Å². The van der Waals surface area contributed by atoms with Gasteiger partial charge in [0.25, 0.3) is 0 Å². The zero-order valence-corrected chi connectivity index (χ0v) is 17.8. The van der Waals surface area contributed by atoms with Crippen LogP contribution in [0.5, 0.6) is 0 Å². The van der Waals surface area contributed by atoms with Crippen molar-refractivity contribution >= 4 is 28.8 Å². The number of anilines is 1. The van der Waals surface area contributed by atoms with E-state index in [1.54, 1.807) is 47.1 Å². The molecule has 0 aliphatic heterocycles. The molecular weight excluding hydrogens is 439 g/mol. The van der Waals surface area contributed by atoms with Crippen LogP contribution < -0.4 is 5.32 Å². The number of halogens is 4. The van der Waals surface area contributed by atoms with Gasteiger partial charge in [-0.25, -0.2) is 4.98 Å². The quantitative estimate of drug-likeness (QED) is 0.373. The third-order valence-corrected chi connectivity index (χ3v) is 5.42. The highest BCUT2D eigenvalue weighted by atomic mass is 35.5. The lowest BCUT2D eigenvalue weighted by Gasteiger charge is -2.19. The van der Waals surface area contributed by atoms with Gasteiger partial charge in [0, 0.05) is 30.4 Å². The fourth-order valence-corrected chi connectivity index (χ4v) is 3.75. The van der Waals surface area contributed by atoms with Crippen molar-refractivity contribution in [3.05, 3.63) is 100 Å². The molecule has 0 saturated carbocycles. The summed E-state index contributed by atoms with van der Waals surface area (Å²) in [6, 6.07) is 15.7. The molecule has 1 N–H and O–H groups in total. The molecule has 32 heavy (non-hydrogen) atoms. The van der Waals surface area contributed by atoms with E-state index < -0.39 is 17.7 Å². The Hall–Kier alpha value is -3.32. The van der Waals surface area contributed by atoms with Crippen molar-refractivity contribution in [2.75, 3.05) is 5.32 Å². The van der Waals surface area contributed by atoms with Crippen LogP contribution in [0.2, 0.25) is 5.02 Å². The number of hydrogen-bond acceptors (Lipinski definition) is 2. The molecule has 164 valence electrons. The molecule has 2 heterocycles. The number of hydrogen-bond donors (Lipinski definition) is 1. The first-order valence-electron chi connectivity index (χ1n) is 9.87. The number of carbonyl (C=O) groups is 1. The van der Waals surface area contributed by atoms with Gasteiger partial charge in [-0.05, 0) is 42.8 Å². The predicted molar refractivity (Wildman–Crippen MR) is 118 cm³/mol. The van der Waals surface area contributed by atoms with Gasteiger partial charge in [-0.3, -0.25) is 4.79 Å². The topological polar surface area (TPSA) is 46.4 Å². The number of amides is 1. The zero-order valence-electron chi connectivity index (χ0n) is 17.0. The van der Waals surface area contributed by atoms with Crippen molar-refractivity contribution in [1.29, 1.82) is 0 Å². The first kappa shape index (κ1) is 21.9. The zero-order chi connectivity index (χ0) is 22.9. The number of carbonyl (C=O) groups excluding carboxylic acids is 1. The van der Waals surface area contributed by atoms with Crippen LogP contribution in [0.4, 0.5) is 18.9 Å². The Bertz CT molecular complexity index is 1270. The maximum Gasteiger partial charge on any atom is 0.416 e. The van der Waals surface area contributed by atoms with Crippen LogP contribution in [0.1, 0.15) is 34.7 Å². The van der Waals surface area contributed by atoms with Crippen molar-refractivity contribution in [2.45, 2.75) is 25.4 Å². The summed E-state index contributed by atoms with van der Waals surface area (Å²) in [4.78, 5) is 17.2. The highest BCUT2D eigenvalue weighted by Gasteiger charge is 2.32. The van der Waals surface area contributed by atoms with Crippen molar-refractivity contribution in [1.82, 2.24) is 9.38 Å². The molecule has 2 aromatic carbocycles. The molecule has 2 aromatic heterocycles. The van der Waals surface area contributed by atoms with Crippen LogP contribution in [-0.4, -0.2) is 15.3 Å². The number of nitrogens with one attached hydrogen (secondary N) is 1. The summed E-state index contributed by atoms with van der Waals surface area (Å²) >= 11 is 6.13. The van der Waals surface area contributed by atoms with Gasteiger partial charge in [0.1, 0.15) is 5.65 Å². The number of nitrogens with zero attached hydrogens (tertiary/aromatic N) is 2. The molecule has 8 heteroatoms. The average Bonchev–Trinajstić information content (AvgIpc) is 3.16. The number of rotatable bonds is 5. The molecular formula is C24H19ClF3N3O. The second kappa shape index (κ2) is 8.67. The lowest BCUT2D eigenvalue weighted by atomic mass is 9.91. The molecule has 0 fully saturated rings. The summed E-state index contributed by atoms with van der Waals surface area (Å²) < 4.78 is 41.7. The fourth-order valence-electron chi connectivity index (χ4n) is 3.59. The van der Waals surface area contributed by atoms with E-state index in [1.807, 2.05) is 19.1 Å². The minimum Gasteiger partial charge on any atom is -0.326 e. The number of aromatic nitrogens is 2. The Morgan fingerprint density at radius 2 is 1.88 bits per heavy atom. The Balaban J connectivity index is 1.73. The third-order valence-electron chi connectivity index (χ3n) is 5.20. The first-order chi connectivity index (χ1) is 15.2. The molecule has 1 unspecified atom stereocenters. The van der Waals surface area contributed by atoms with Gasteiger partial charge in [-0.1, -0.05) is 47.5 Å². The molecule has 0 saturated heterocycles. The van der Waals surface area contributed by atoms with E-state index >= 15 is 0 Å². The predicted octanol–water partition coefficient (Wildman–Crippen LogP) is 6.48. The molecule has 4 rings (SSSR count). The fraction of sp³-hybridized carbons (Fsp3) is 0.167. The molecule has 4 aromatic rings. The third kappa shape index (κ3) is 4.78. The number of aryl methyl sites for hydroxylation is 1. The smallest absolute Gasteiger partial charge is 0.326 e. The number of pyridine rings is 1. The summed E-state index contributed by atoms with van der Waals surface area (Å²) in [7, 11) is 0. The van der Waals surface area contributed by atoms with Crippen LogP contribution in [-0.2, 0) is 11.0 Å². The maximum absolute atomic E-state index is 13.3. The number of alkyl halides is 3. The highest BCUT2D eigenvalue weighted by Crippen LogP contribution is 2.35. The monoisotopic (exact) mass is 457 g/mol. The summed E-state index contributed by atoms with van der Waals surface area (Å²) in [5, 5.41) is 3.27. The van der Waals surface area contributed by atoms with Gasteiger partial charge >= 0.3 is 6.18 Å². The Kier molecular flexibility index (Phi) is 5.93. The standard InChI is InChI=1S/C24H19ClF3N3O/c1-15-5-8-19(9-6-15)30-23(32)12-20(16-3-2-4-17(11-16)24(26,27)28)21-13-29-22-10-7-18(25)14-31(21)22/h2-11,13-14,20H,12H2,1H3,(H,30,32). The van der Waals surface area contributed by atoms with Crippen LogP contribution in [0, 0.1) is 6.92 Å². The van der Waals surface area contributed by atoms with E-state index in [9.17, 15) is 18.0 Å². The van der Waals surface area contributed by atoms with Gasteiger partial charge in [0.05, 0.1) is 16.3 Å². The summed E-state index contributed by atoms with van der Waals surface area (Å²) in [5.74, 6) is -0.996. The Morgan fingerprint density at radius 1 is 1.12 bits per heavy atom. The molecule has 0 bridgehead atoms. The maximum atomic E-state index is 13.3. The van der Waals surface area contributed by atoms with Crippen molar-refractivity contribution < 1.29 is 18.0 Å². The second-order valence-corrected chi connectivity index (χ2v) is 7.99. The normalized spacial score (nSPS) is 12.7. The van der Waals surface area contributed by atoms with Gasteiger partial charge in [-0.15, -0.1) is 0 Å². The van der Waals surface area contributed by atoms with Crippen LogP contribution in [0.25, 0.3) is 5.65 Å². The van der Waals surface area contributed by atoms with Gasteiger partial charge in [-0.2, -0.15) is 13.2 Å². The SMILES string of the molecule is Cc1ccc(NC(=O)CC(c2cccc(C(F)(F)F)c2)c2cnc3ccc(Cl)cn23)cc1. The van der Waals surface area contributed by atoms with E-state index in [4.69, 9.17) is 11.6 Å². The molecule has 1 atom stereocenters. The van der Waals surface area contributed by atoms with E-state index in [-0.39, 0.29) is 12.3 Å². The molecule has 1 amide bonds. The Labute approximate surface area is 187 Å². The highest BCUT2D eigenvalue weighted by molar-refractivity contribution is 6.30. The van der Waals surface area contributed by atoms with Crippen molar-refractivity contribution in [3.63, 3.8) is 0 Å². The summed E-state index contributed by atoms with van der Waals surface area (Å²) in [6.45, 7) is 1.94. The van der Waals surface area contributed by atoms with Crippen molar-refractivity contribution in [2.24, 2.45) is 0 Å². The summed E-state index contributed by atoms with van der Waals surface area (Å²) in [6.07, 6.45) is -1.36. The van der Waals surface area contributed by atoms with Crippen LogP contribution >= 0.6 is 11.6 Å². The largest absolute Gasteiger partial charge is 0.416 e. The molecule has 0 aliphatic carbocycles. The minimum absolute atomic E-state index is 0.0739. The van der Waals surface area contributed by atoms with Gasteiger partial charge < -0.3 is 9.72 Å². The number of benzene rings is 2. The lowest BCUT2D eigenvalue weighted by Crippen LogP contribution is -2.18. The minimum atomic E-state index is -4.49. The summed E-state index contributed by atoms with van der Waals surface area (Å²) in [5.41, 5.74) is 2.41. The van der Waals surface area contributed by atoms with Gasteiger partial charge in [0.2, 0.25) is 5.91 Å². The molecule has 4 nitrogen and oxygen atoms in total. The lowest BCUT2D eigenvalue weighted by molar-refractivity contribution is -0.137. The number of imidazole rings is 1. The number of fused-ring (bicyclic) bond motifs is 1. The first-order valence-corrected chi connectivity index (χ1v) is 10.2. The molecule has 0 spiro atoms. The Morgan fingerprint density at radius 3 is 2.59 bits per heavy atom. The molecule has 0 radical (unpaired) electrons. The van der Waals surface area contributed by atoms with Crippen LogP contribution in [0.15, 0.2) is 73.1 Å². The van der Waals surface area contributed by atoms with Crippen LogP contribution in [0.3, 0.4) is 0 Å². The van der Waals surface area contributed by atoms with E-state index in [0.717, 1.165) is 17.7 Å². The van der Waals surface area contributed by atoms with E-state index in [0.29, 0.717) is 27.6 Å². The van der Waals surface area contributed by atoms with E-state index in [1.165, 1.54) is 6.07 Å². The average molecular weight is 458 g/mol. The van der Waals surface area contributed by atoms with Gasteiger partial charge in [0.15, 0.2) is 0 Å². The second-order valence-electron chi connectivity index (χ2n) is 7.55. The molecule has 0 aliphatic rings.